The highest BCUT2D eigenvalue weighted by molar-refractivity contribution is 7.91. The number of nitrogens with zero attached hydrogens (tertiary/aromatic N) is 2. The van der Waals surface area contributed by atoms with Crippen LogP contribution in [-0.4, -0.2) is 44.7 Å². The zero-order valence-corrected chi connectivity index (χ0v) is 19.0. The molecule has 1 aromatic carbocycles. The van der Waals surface area contributed by atoms with Gasteiger partial charge in [-0.3, -0.25) is 0 Å². The van der Waals surface area contributed by atoms with E-state index < -0.39 is 21.7 Å². The summed E-state index contributed by atoms with van der Waals surface area (Å²) in [6.45, 7) is 12.3. The molecule has 2 aliphatic rings. The summed E-state index contributed by atoms with van der Waals surface area (Å²) in [6.07, 6.45) is 1.71. The van der Waals surface area contributed by atoms with Gasteiger partial charge in [0.1, 0.15) is 33.2 Å². The van der Waals surface area contributed by atoms with Crippen molar-refractivity contribution in [2.24, 2.45) is 9.81 Å². The summed E-state index contributed by atoms with van der Waals surface area (Å²) < 4.78 is 36.3. The van der Waals surface area contributed by atoms with E-state index in [1.807, 2.05) is 41.5 Å². The predicted molar refractivity (Wildman–Crippen MR) is 114 cm³/mol. The van der Waals surface area contributed by atoms with Crippen LogP contribution in [0.15, 0.2) is 22.6 Å². The molecule has 0 aromatic heterocycles. The Morgan fingerprint density at radius 2 is 1.83 bits per heavy atom. The van der Waals surface area contributed by atoms with Crippen molar-refractivity contribution >= 4 is 23.2 Å². The third-order valence-electron chi connectivity index (χ3n) is 5.42. The molecule has 1 spiro atoms. The van der Waals surface area contributed by atoms with Crippen molar-refractivity contribution in [2.75, 3.05) is 13.1 Å². The van der Waals surface area contributed by atoms with Gasteiger partial charge in [0.25, 0.3) is 0 Å². The quantitative estimate of drug-likeness (QED) is 0.619. The van der Waals surface area contributed by atoms with Crippen molar-refractivity contribution in [1.82, 2.24) is 4.90 Å². The average Bonchev–Trinajstić information content (AvgIpc) is 2.85. The van der Waals surface area contributed by atoms with Crippen molar-refractivity contribution in [3.8, 4) is 0 Å². The minimum Gasteiger partial charge on any atom is -0.591 e. The lowest BCUT2D eigenvalue weighted by Gasteiger charge is -2.39. The number of carbonyl (C=O) groups excluding carboxylic acids is 1. The summed E-state index contributed by atoms with van der Waals surface area (Å²) >= 11 is -1.41. The Labute approximate surface area is 176 Å². The fourth-order valence-electron chi connectivity index (χ4n) is 3.90. The second-order valence-electron chi connectivity index (χ2n) is 10.0. The summed E-state index contributed by atoms with van der Waals surface area (Å²) in [5, 5.41) is 0. The SMILES string of the molecule is CC(C)(C)OC(=O)N1CCC2(CC1)Cc1cc(F)ccc1C2=N[S+]([O-])C(C)(C)C. The van der Waals surface area contributed by atoms with Crippen LogP contribution in [0.5, 0.6) is 0 Å². The van der Waals surface area contributed by atoms with Crippen LogP contribution < -0.4 is 0 Å². The Morgan fingerprint density at radius 3 is 2.38 bits per heavy atom. The van der Waals surface area contributed by atoms with Gasteiger partial charge in [0.15, 0.2) is 0 Å². The fourth-order valence-corrected chi connectivity index (χ4v) is 4.63. The maximum absolute atomic E-state index is 13.9. The van der Waals surface area contributed by atoms with Crippen LogP contribution in [-0.2, 0) is 22.5 Å². The molecule has 1 aliphatic carbocycles. The maximum atomic E-state index is 13.9. The third kappa shape index (κ3) is 4.77. The number of benzene rings is 1. The topological polar surface area (TPSA) is 65.0 Å². The van der Waals surface area contributed by atoms with Crippen molar-refractivity contribution in [2.45, 2.75) is 71.2 Å². The second kappa shape index (κ2) is 7.58. The molecular weight excluding hydrogens is 391 g/mol. The Balaban J connectivity index is 1.88. The lowest BCUT2D eigenvalue weighted by molar-refractivity contribution is 0.0159. The second-order valence-corrected chi connectivity index (χ2v) is 11.9. The van der Waals surface area contributed by atoms with E-state index in [1.54, 1.807) is 17.0 Å². The molecule has 1 heterocycles. The van der Waals surface area contributed by atoms with Crippen molar-refractivity contribution < 1.29 is 18.5 Å². The molecular formula is C22H31FN2O3S. The first-order valence-corrected chi connectivity index (χ1v) is 11.2. The van der Waals surface area contributed by atoms with E-state index in [9.17, 15) is 13.7 Å². The molecule has 0 bridgehead atoms. The van der Waals surface area contributed by atoms with Crippen molar-refractivity contribution in [3.05, 3.63) is 35.1 Å². The van der Waals surface area contributed by atoms with Gasteiger partial charge in [-0.1, -0.05) is 4.40 Å². The highest BCUT2D eigenvalue weighted by atomic mass is 32.2. The van der Waals surface area contributed by atoms with E-state index in [-0.39, 0.29) is 17.3 Å². The summed E-state index contributed by atoms with van der Waals surface area (Å²) in [6, 6.07) is 4.74. The maximum Gasteiger partial charge on any atom is 0.410 e. The van der Waals surface area contributed by atoms with Gasteiger partial charge in [-0.25, -0.2) is 9.18 Å². The molecule has 160 valence electrons. The Bertz CT molecular complexity index is 818. The number of likely N-dealkylation sites (tertiary alicyclic amines) is 1. The zero-order valence-electron chi connectivity index (χ0n) is 18.2. The molecule has 1 saturated heterocycles. The minimum atomic E-state index is -1.41. The van der Waals surface area contributed by atoms with Crippen molar-refractivity contribution in [1.29, 1.82) is 0 Å². The lowest BCUT2D eigenvalue weighted by atomic mass is 9.74. The minimum absolute atomic E-state index is 0.275. The van der Waals surface area contributed by atoms with E-state index in [0.717, 1.165) is 16.8 Å². The summed E-state index contributed by atoms with van der Waals surface area (Å²) in [5.74, 6) is -0.275. The molecule has 0 saturated carbocycles. The molecule has 1 aliphatic heterocycles. The number of hydrogen-bond acceptors (Lipinski definition) is 4. The molecule has 1 atom stereocenters. The number of amides is 1. The van der Waals surface area contributed by atoms with Gasteiger partial charge in [-0.05, 0) is 84.6 Å². The van der Waals surface area contributed by atoms with Crippen LogP contribution in [0.1, 0.15) is 65.5 Å². The average molecular weight is 423 g/mol. The molecule has 0 N–H and O–H groups in total. The predicted octanol–water partition coefficient (Wildman–Crippen LogP) is 4.65. The van der Waals surface area contributed by atoms with E-state index in [0.29, 0.717) is 32.4 Å². The third-order valence-corrected chi connectivity index (χ3v) is 6.82. The number of hydrogen-bond donors (Lipinski definition) is 0. The largest absolute Gasteiger partial charge is 0.591 e. The Morgan fingerprint density at radius 1 is 1.21 bits per heavy atom. The van der Waals surface area contributed by atoms with Gasteiger partial charge in [0.05, 0.1) is 0 Å². The zero-order chi connectivity index (χ0) is 21.6. The van der Waals surface area contributed by atoms with E-state index in [1.165, 1.54) is 6.07 Å². The highest BCUT2D eigenvalue weighted by Gasteiger charge is 2.48. The Hall–Kier alpha value is -1.60. The standard InChI is InChI=1S/C22H31FN2O3S/c1-20(2,3)28-19(26)25-11-9-22(10-12-25)14-15-13-16(23)7-8-17(15)18(22)24-29(27)21(4,5)6/h7-8,13H,9-12,14H2,1-6H3. The van der Waals surface area contributed by atoms with Crippen LogP contribution in [0, 0.1) is 11.2 Å². The number of piperidine rings is 1. The number of ether oxygens (including phenoxy) is 1. The van der Waals surface area contributed by atoms with E-state index in [4.69, 9.17) is 4.74 Å². The summed E-state index contributed by atoms with van der Waals surface area (Å²) in [4.78, 5) is 14.2. The number of rotatable bonds is 1. The number of halogens is 1. The van der Waals surface area contributed by atoms with Gasteiger partial charge in [-0.2, -0.15) is 0 Å². The monoisotopic (exact) mass is 422 g/mol. The summed E-state index contributed by atoms with van der Waals surface area (Å²) in [7, 11) is 0. The van der Waals surface area contributed by atoms with Gasteiger partial charge in [0.2, 0.25) is 0 Å². The number of fused-ring (bicyclic) bond motifs is 1. The van der Waals surface area contributed by atoms with Crippen molar-refractivity contribution in [3.63, 3.8) is 0 Å². The normalized spacial score (nSPS) is 21.4. The molecule has 1 fully saturated rings. The summed E-state index contributed by atoms with van der Waals surface area (Å²) in [5.41, 5.74) is 1.72. The fraction of sp³-hybridized carbons (Fsp3) is 0.636. The molecule has 1 unspecified atom stereocenters. The van der Waals surface area contributed by atoms with E-state index >= 15 is 0 Å². The molecule has 0 radical (unpaired) electrons. The van der Waals surface area contributed by atoms with Gasteiger partial charge in [0, 0.05) is 24.1 Å². The van der Waals surface area contributed by atoms with Crippen LogP contribution >= 0.6 is 0 Å². The first kappa shape index (κ1) is 22.1. The van der Waals surface area contributed by atoms with E-state index in [2.05, 4.69) is 4.40 Å². The lowest BCUT2D eigenvalue weighted by Crippen LogP contribution is -2.47. The smallest absolute Gasteiger partial charge is 0.410 e. The molecule has 3 rings (SSSR count). The van der Waals surface area contributed by atoms with Gasteiger partial charge >= 0.3 is 6.09 Å². The highest BCUT2D eigenvalue weighted by Crippen LogP contribution is 2.46. The number of carbonyl (C=O) groups is 1. The molecule has 29 heavy (non-hydrogen) atoms. The first-order chi connectivity index (χ1) is 13.3. The van der Waals surface area contributed by atoms with Crippen LogP contribution in [0.2, 0.25) is 0 Å². The van der Waals surface area contributed by atoms with Gasteiger partial charge in [-0.15, -0.1) is 0 Å². The molecule has 7 heteroatoms. The molecule has 1 aromatic rings. The molecule has 1 amide bonds. The van der Waals surface area contributed by atoms with Gasteiger partial charge < -0.3 is 14.2 Å². The first-order valence-electron chi connectivity index (χ1n) is 10.1. The van der Waals surface area contributed by atoms with Crippen LogP contribution in [0.3, 0.4) is 0 Å². The molecule has 5 nitrogen and oxygen atoms in total. The van der Waals surface area contributed by atoms with Crippen LogP contribution in [0.25, 0.3) is 0 Å². The Kier molecular flexibility index (Phi) is 5.78. The van der Waals surface area contributed by atoms with Crippen LogP contribution in [0.4, 0.5) is 9.18 Å².